The van der Waals surface area contributed by atoms with Gasteiger partial charge in [-0.15, -0.1) is 0 Å². The molecular weight excluding hydrogens is 326 g/mol. The lowest BCUT2D eigenvalue weighted by Crippen LogP contribution is -2.33. The quantitative estimate of drug-likeness (QED) is 0.919. The van der Waals surface area contributed by atoms with E-state index in [0.717, 1.165) is 48.5 Å². The number of benzene rings is 1. The largest absolute Gasteiger partial charge is 0.493 e. The van der Waals surface area contributed by atoms with Crippen molar-refractivity contribution in [1.82, 2.24) is 15.3 Å². The third-order valence-corrected chi connectivity index (χ3v) is 5.37. The molecular formula is C21H25N3O2. The van der Waals surface area contributed by atoms with Crippen LogP contribution in [-0.2, 0) is 30.5 Å². The van der Waals surface area contributed by atoms with E-state index in [9.17, 15) is 4.79 Å². The molecule has 2 aromatic rings. The number of hydrogen-bond acceptors (Lipinski definition) is 4. The second-order valence-corrected chi connectivity index (χ2v) is 7.19. The third kappa shape index (κ3) is 3.57. The molecule has 0 spiro atoms. The average molecular weight is 351 g/mol. The Morgan fingerprint density at radius 1 is 1.27 bits per heavy atom. The number of nitrogens with zero attached hydrogens (tertiary/aromatic N) is 2. The molecule has 1 N–H and O–H groups in total. The van der Waals surface area contributed by atoms with Gasteiger partial charge in [0.15, 0.2) is 0 Å². The first-order valence-corrected chi connectivity index (χ1v) is 9.54. The Morgan fingerprint density at radius 2 is 2.15 bits per heavy atom. The summed E-state index contributed by atoms with van der Waals surface area (Å²) in [6, 6.07) is 7.99. The maximum atomic E-state index is 12.6. The third-order valence-electron chi connectivity index (χ3n) is 5.37. The Morgan fingerprint density at radius 3 is 3.08 bits per heavy atom. The summed E-state index contributed by atoms with van der Waals surface area (Å²) < 4.78 is 5.76. The summed E-state index contributed by atoms with van der Waals surface area (Å²) in [6.07, 6.45) is 5.49. The van der Waals surface area contributed by atoms with E-state index in [1.807, 2.05) is 24.3 Å². The zero-order valence-electron chi connectivity index (χ0n) is 15.3. The fourth-order valence-electron chi connectivity index (χ4n) is 3.95. The maximum absolute atomic E-state index is 12.6. The average Bonchev–Trinajstić information content (AvgIpc) is 3.00. The molecule has 136 valence electrons. The standard InChI is InChI=1S/C21H25N3O2/c1-14-17-6-4-7-18(17)24-20(23-14)9-11-22-21(25)16-10-12-26-19-8-3-2-5-15(19)13-16/h2-3,5,8,16H,4,6-7,9-13H2,1H3,(H,22,25)/t16-/m0/s1. The summed E-state index contributed by atoms with van der Waals surface area (Å²) in [6.45, 7) is 3.23. The Kier molecular flexibility index (Phi) is 4.87. The molecule has 5 heteroatoms. The predicted octanol–water partition coefficient (Wildman–Crippen LogP) is 2.57. The van der Waals surface area contributed by atoms with Gasteiger partial charge in [-0.25, -0.2) is 9.97 Å². The summed E-state index contributed by atoms with van der Waals surface area (Å²) in [5, 5.41) is 3.07. The van der Waals surface area contributed by atoms with Crippen LogP contribution in [0.3, 0.4) is 0 Å². The molecule has 1 atom stereocenters. The molecule has 1 amide bonds. The van der Waals surface area contributed by atoms with Crippen LogP contribution in [0.5, 0.6) is 5.75 Å². The van der Waals surface area contributed by atoms with E-state index < -0.39 is 0 Å². The molecule has 0 bridgehead atoms. The number of nitrogens with one attached hydrogen (secondary N) is 1. The first-order chi connectivity index (χ1) is 12.7. The molecule has 0 fully saturated rings. The van der Waals surface area contributed by atoms with Gasteiger partial charge >= 0.3 is 0 Å². The van der Waals surface area contributed by atoms with E-state index in [-0.39, 0.29) is 11.8 Å². The van der Waals surface area contributed by atoms with Crippen molar-refractivity contribution in [3.63, 3.8) is 0 Å². The summed E-state index contributed by atoms with van der Waals surface area (Å²) in [5.74, 6) is 1.81. The molecule has 5 nitrogen and oxygen atoms in total. The molecule has 26 heavy (non-hydrogen) atoms. The van der Waals surface area contributed by atoms with Gasteiger partial charge in [-0.2, -0.15) is 0 Å². The molecule has 1 aromatic heterocycles. The van der Waals surface area contributed by atoms with Gasteiger partial charge < -0.3 is 10.1 Å². The molecule has 0 radical (unpaired) electrons. The zero-order valence-corrected chi connectivity index (χ0v) is 15.3. The van der Waals surface area contributed by atoms with Crippen LogP contribution in [-0.4, -0.2) is 29.0 Å². The van der Waals surface area contributed by atoms with Gasteiger partial charge in [0.05, 0.1) is 6.61 Å². The number of fused-ring (bicyclic) bond motifs is 2. The van der Waals surface area contributed by atoms with Gasteiger partial charge in [-0.1, -0.05) is 18.2 Å². The van der Waals surface area contributed by atoms with Crippen molar-refractivity contribution < 1.29 is 9.53 Å². The van der Waals surface area contributed by atoms with Crippen LogP contribution in [0.2, 0.25) is 0 Å². The van der Waals surface area contributed by atoms with Crippen LogP contribution in [0.15, 0.2) is 24.3 Å². The number of amides is 1. The smallest absolute Gasteiger partial charge is 0.223 e. The first-order valence-electron chi connectivity index (χ1n) is 9.54. The van der Waals surface area contributed by atoms with E-state index in [0.29, 0.717) is 19.6 Å². The molecule has 1 aliphatic carbocycles. The lowest BCUT2D eigenvalue weighted by Gasteiger charge is -2.14. The van der Waals surface area contributed by atoms with Crippen LogP contribution in [0.25, 0.3) is 0 Å². The van der Waals surface area contributed by atoms with Crippen molar-refractivity contribution in [1.29, 1.82) is 0 Å². The summed E-state index contributed by atoms with van der Waals surface area (Å²) in [7, 11) is 0. The topological polar surface area (TPSA) is 64.1 Å². The van der Waals surface area contributed by atoms with E-state index in [4.69, 9.17) is 4.74 Å². The molecule has 0 saturated carbocycles. The molecule has 1 aliphatic heterocycles. The molecule has 4 rings (SSSR count). The number of carbonyl (C=O) groups is 1. The number of hydrogen-bond donors (Lipinski definition) is 1. The summed E-state index contributed by atoms with van der Waals surface area (Å²) in [5.41, 5.74) is 4.75. The van der Waals surface area contributed by atoms with Crippen molar-refractivity contribution >= 4 is 5.91 Å². The molecule has 2 aliphatic rings. The van der Waals surface area contributed by atoms with Crippen molar-refractivity contribution in [2.24, 2.45) is 5.92 Å². The van der Waals surface area contributed by atoms with Gasteiger partial charge in [0.2, 0.25) is 5.91 Å². The monoisotopic (exact) mass is 351 g/mol. The number of para-hydroxylation sites is 1. The highest BCUT2D eigenvalue weighted by atomic mass is 16.5. The van der Waals surface area contributed by atoms with Crippen LogP contribution in [0.1, 0.15) is 41.2 Å². The number of carbonyl (C=O) groups excluding carboxylic acids is 1. The Labute approximate surface area is 154 Å². The van der Waals surface area contributed by atoms with E-state index in [2.05, 4.69) is 22.2 Å². The fourth-order valence-corrected chi connectivity index (χ4v) is 3.95. The lowest BCUT2D eigenvalue weighted by molar-refractivity contribution is -0.125. The van der Waals surface area contributed by atoms with Crippen molar-refractivity contribution in [3.8, 4) is 5.75 Å². The van der Waals surface area contributed by atoms with E-state index >= 15 is 0 Å². The molecule has 1 aromatic carbocycles. The normalized spacial score (nSPS) is 18.4. The fraction of sp³-hybridized carbons (Fsp3) is 0.476. The first kappa shape index (κ1) is 17.0. The van der Waals surface area contributed by atoms with Gasteiger partial charge in [-0.05, 0) is 56.2 Å². The van der Waals surface area contributed by atoms with Crippen LogP contribution >= 0.6 is 0 Å². The van der Waals surface area contributed by atoms with E-state index in [1.165, 1.54) is 17.7 Å². The number of ether oxygens (including phenoxy) is 1. The van der Waals surface area contributed by atoms with E-state index in [1.54, 1.807) is 0 Å². The minimum absolute atomic E-state index is 0.0404. The highest BCUT2D eigenvalue weighted by Gasteiger charge is 2.23. The minimum Gasteiger partial charge on any atom is -0.493 e. The number of aryl methyl sites for hydroxylation is 2. The molecule has 0 unspecified atom stereocenters. The second-order valence-electron chi connectivity index (χ2n) is 7.19. The van der Waals surface area contributed by atoms with Crippen molar-refractivity contribution in [2.75, 3.05) is 13.2 Å². The van der Waals surface area contributed by atoms with Crippen molar-refractivity contribution in [3.05, 3.63) is 52.6 Å². The minimum atomic E-state index is -0.0404. The summed E-state index contributed by atoms with van der Waals surface area (Å²) in [4.78, 5) is 21.9. The van der Waals surface area contributed by atoms with Gasteiger partial charge in [0.1, 0.15) is 11.6 Å². The summed E-state index contributed by atoms with van der Waals surface area (Å²) >= 11 is 0. The molecule has 0 saturated heterocycles. The Balaban J connectivity index is 1.34. The predicted molar refractivity (Wildman–Crippen MR) is 99.3 cm³/mol. The zero-order chi connectivity index (χ0) is 17.9. The number of rotatable bonds is 4. The van der Waals surface area contributed by atoms with Gasteiger partial charge in [-0.3, -0.25) is 4.79 Å². The SMILES string of the molecule is Cc1nc(CCNC(=O)[C@H]2CCOc3ccccc3C2)nc2c1CCC2. The van der Waals surface area contributed by atoms with Crippen molar-refractivity contribution in [2.45, 2.75) is 45.4 Å². The van der Waals surface area contributed by atoms with Crippen LogP contribution < -0.4 is 10.1 Å². The Bertz CT molecular complexity index is 819. The number of aromatic nitrogens is 2. The lowest BCUT2D eigenvalue weighted by atomic mass is 9.96. The van der Waals surface area contributed by atoms with Gasteiger partial charge in [0, 0.05) is 30.3 Å². The van der Waals surface area contributed by atoms with Crippen LogP contribution in [0, 0.1) is 12.8 Å². The van der Waals surface area contributed by atoms with Crippen LogP contribution in [0.4, 0.5) is 0 Å². The maximum Gasteiger partial charge on any atom is 0.223 e. The highest BCUT2D eigenvalue weighted by Crippen LogP contribution is 2.26. The Hall–Kier alpha value is -2.43. The molecule has 2 heterocycles. The second kappa shape index (κ2) is 7.44. The highest BCUT2D eigenvalue weighted by molar-refractivity contribution is 5.79. The van der Waals surface area contributed by atoms with Gasteiger partial charge in [0.25, 0.3) is 0 Å².